The number of rotatable bonds is 5. The molecule has 0 radical (unpaired) electrons. The maximum Gasteiger partial charge on any atom is 0.0551 e. The molecule has 7 aromatic rings. The van der Waals surface area contributed by atoms with Crippen LogP contribution in [0.5, 0.6) is 0 Å². The predicted molar refractivity (Wildman–Crippen MR) is 185 cm³/mol. The normalized spacial score (nSPS) is 12.9. The molecule has 1 N–H and O–H groups in total. The average molecular weight is 619 g/mol. The number of nitrogens with one attached hydrogen (secondary N) is 1. The molecule has 0 saturated carbocycles. The topological polar surface area (TPSA) is 20.2 Å². The third-order valence-electron chi connectivity index (χ3n) is 8.26. The Bertz CT molecular complexity index is 2150. The van der Waals surface area contributed by atoms with Gasteiger partial charge in [-0.05, 0) is 83.4 Å². The molecule has 0 unspecified atom stereocenters. The monoisotopic (exact) mass is 617 g/mol. The Balaban J connectivity index is 1.24. The zero-order valence-corrected chi connectivity index (χ0v) is 25.0. The number of aromatic nitrogens is 1. The van der Waals surface area contributed by atoms with Crippen LogP contribution in [0.4, 0.5) is 11.4 Å². The Kier molecular flexibility index (Phi) is 6.35. The van der Waals surface area contributed by atoms with Crippen molar-refractivity contribution in [1.82, 2.24) is 9.88 Å². The summed E-state index contributed by atoms with van der Waals surface area (Å²) in [6.07, 6.45) is 6.26. The van der Waals surface area contributed by atoms with E-state index in [9.17, 15) is 0 Å². The lowest BCUT2D eigenvalue weighted by Crippen LogP contribution is -2.26. The van der Waals surface area contributed by atoms with Crippen LogP contribution in [0.3, 0.4) is 0 Å². The molecule has 8 rings (SSSR count). The van der Waals surface area contributed by atoms with E-state index >= 15 is 0 Å². The third-order valence-corrected chi connectivity index (χ3v) is 8.72. The standard InChI is InChI=1S/C39H28BrN3/c40-30-23-29(27-18-20-31(21-19-27)43-38-15-5-3-13-35(38)36-14-4-6-16-39(36)43)24-33(25-30)42(32-11-8-22-41-26-32)37-17-7-10-28-9-1-2-12-34(28)37/h1-25,41H,26H2. The molecule has 0 amide bonds. The van der Waals surface area contributed by atoms with Crippen LogP contribution in [-0.2, 0) is 0 Å². The molecule has 1 aromatic heterocycles. The number of para-hydroxylation sites is 2. The lowest BCUT2D eigenvalue weighted by Gasteiger charge is -2.30. The van der Waals surface area contributed by atoms with Gasteiger partial charge in [0, 0.05) is 37.7 Å². The molecule has 1 aliphatic heterocycles. The second-order valence-corrected chi connectivity index (χ2v) is 11.8. The Morgan fingerprint density at radius 1 is 0.628 bits per heavy atom. The Hall–Kier alpha value is -5.06. The van der Waals surface area contributed by atoms with Gasteiger partial charge in [0.1, 0.15) is 0 Å². The van der Waals surface area contributed by atoms with Gasteiger partial charge in [-0.1, -0.05) is 101 Å². The summed E-state index contributed by atoms with van der Waals surface area (Å²) in [5.41, 5.74) is 9.36. The van der Waals surface area contributed by atoms with Crippen molar-refractivity contribution in [2.75, 3.05) is 11.4 Å². The first kappa shape index (κ1) is 25.6. The van der Waals surface area contributed by atoms with Gasteiger partial charge in [-0.25, -0.2) is 0 Å². The quantitative estimate of drug-likeness (QED) is 0.207. The van der Waals surface area contributed by atoms with Gasteiger partial charge < -0.3 is 14.8 Å². The molecule has 0 aliphatic carbocycles. The van der Waals surface area contributed by atoms with Crippen LogP contribution < -0.4 is 10.2 Å². The number of hydrogen-bond donors (Lipinski definition) is 1. The van der Waals surface area contributed by atoms with E-state index in [1.165, 1.54) is 43.8 Å². The van der Waals surface area contributed by atoms with Crippen molar-refractivity contribution in [3.05, 3.63) is 162 Å². The minimum Gasteiger partial charge on any atom is -0.385 e. The number of halogens is 1. The fraction of sp³-hybridized carbons (Fsp3) is 0.0256. The zero-order valence-electron chi connectivity index (χ0n) is 23.4. The van der Waals surface area contributed by atoms with Crippen LogP contribution in [0.15, 0.2) is 162 Å². The molecule has 0 bridgehead atoms. The lowest BCUT2D eigenvalue weighted by atomic mass is 10.0. The summed E-state index contributed by atoms with van der Waals surface area (Å²) in [5.74, 6) is 0. The van der Waals surface area contributed by atoms with Crippen molar-refractivity contribution in [2.45, 2.75) is 0 Å². The second-order valence-electron chi connectivity index (χ2n) is 10.8. The molecule has 1 aliphatic rings. The first-order valence-electron chi connectivity index (χ1n) is 14.5. The highest BCUT2D eigenvalue weighted by Crippen LogP contribution is 2.39. The van der Waals surface area contributed by atoms with Gasteiger partial charge in [-0.3, -0.25) is 0 Å². The number of fused-ring (bicyclic) bond motifs is 4. The van der Waals surface area contributed by atoms with Crippen molar-refractivity contribution >= 4 is 59.9 Å². The van der Waals surface area contributed by atoms with E-state index in [4.69, 9.17) is 0 Å². The van der Waals surface area contributed by atoms with Gasteiger partial charge in [-0.2, -0.15) is 0 Å². The minimum absolute atomic E-state index is 0.745. The predicted octanol–water partition coefficient (Wildman–Crippen LogP) is 10.5. The number of dihydropyridines is 1. The van der Waals surface area contributed by atoms with Gasteiger partial charge >= 0.3 is 0 Å². The minimum atomic E-state index is 0.745. The van der Waals surface area contributed by atoms with Gasteiger partial charge in [0.15, 0.2) is 0 Å². The van der Waals surface area contributed by atoms with Crippen molar-refractivity contribution in [2.24, 2.45) is 0 Å². The summed E-state index contributed by atoms with van der Waals surface area (Å²) in [4.78, 5) is 2.37. The molecule has 4 heteroatoms. The van der Waals surface area contributed by atoms with Crippen LogP contribution in [0.1, 0.15) is 0 Å². The molecule has 2 heterocycles. The van der Waals surface area contributed by atoms with Crippen molar-refractivity contribution in [3.8, 4) is 16.8 Å². The number of allylic oxidation sites excluding steroid dienone is 2. The molecule has 0 atom stereocenters. The van der Waals surface area contributed by atoms with Gasteiger partial charge in [0.25, 0.3) is 0 Å². The fourth-order valence-electron chi connectivity index (χ4n) is 6.34. The molecular weight excluding hydrogens is 590 g/mol. The first-order chi connectivity index (χ1) is 21.2. The van der Waals surface area contributed by atoms with Crippen LogP contribution in [0, 0.1) is 0 Å². The molecular formula is C39H28BrN3. The highest BCUT2D eigenvalue weighted by molar-refractivity contribution is 9.10. The Morgan fingerprint density at radius 2 is 1.30 bits per heavy atom. The van der Waals surface area contributed by atoms with E-state index < -0.39 is 0 Å². The Morgan fingerprint density at radius 3 is 2.02 bits per heavy atom. The third kappa shape index (κ3) is 4.52. The summed E-state index contributed by atoms with van der Waals surface area (Å²) in [7, 11) is 0. The first-order valence-corrected chi connectivity index (χ1v) is 15.3. The van der Waals surface area contributed by atoms with Crippen molar-refractivity contribution in [1.29, 1.82) is 0 Å². The summed E-state index contributed by atoms with van der Waals surface area (Å²) in [6.45, 7) is 0.745. The lowest BCUT2D eigenvalue weighted by molar-refractivity contribution is 0.891. The van der Waals surface area contributed by atoms with Crippen molar-refractivity contribution in [3.63, 3.8) is 0 Å². The zero-order chi connectivity index (χ0) is 28.8. The number of hydrogen-bond acceptors (Lipinski definition) is 2. The van der Waals surface area contributed by atoms with Crippen LogP contribution in [0.2, 0.25) is 0 Å². The SMILES string of the molecule is Brc1cc(-c2ccc(-n3c4ccccc4c4ccccc43)cc2)cc(N(C2=CC=CNC2)c2cccc3ccccc23)c1. The van der Waals surface area contributed by atoms with Gasteiger partial charge in [0.2, 0.25) is 0 Å². The number of benzene rings is 6. The van der Waals surface area contributed by atoms with Crippen LogP contribution >= 0.6 is 15.9 Å². The Labute approximate surface area is 259 Å². The van der Waals surface area contributed by atoms with Crippen LogP contribution in [0.25, 0.3) is 49.4 Å². The van der Waals surface area contributed by atoms with Crippen molar-refractivity contribution < 1.29 is 0 Å². The highest BCUT2D eigenvalue weighted by Gasteiger charge is 2.19. The number of anilines is 2. The maximum absolute atomic E-state index is 3.85. The molecule has 0 spiro atoms. The fourth-order valence-corrected chi connectivity index (χ4v) is 6.82. The molecule has 43 heavy (non-hydrogen) atoms. The van der Waals surface area contributed by atoms with Gasteiger partial charge in [0.05, 0.1) is 23.3 Å². The van der Waals surface area contributed by atoms with E-state index in [0.29, 0.717) is 0 Å². The van der Waals surface area contributed by atoms with E-state index in [2.05, 4.69) is 176 Å². The summed E-state index contributed by atoms with van der Waals surface area (Å²) < 4.78 is 3.40. The maximum atomic E-state index is 3.85. The number of nitrogens with zero attached hydrogens (tertiary/aromatic N) is 2. The van der Waals surface area contributed by atoms with E-state index in [1.807, 2.05) is 6.20 Å². The molecule has 0 saturated heterocycles. The largest absolute Gasteiger partial charge is 0.385 e. The van der Waals surface area contributed by atoms with E-state index in [0.717, 1.165) is 33.6 Å². The average Bonchev–Trinajstić information content (AvgIpc) is 3.40. The molecule has 206 valence electrons. The second kappa shape index (κ2) is 10.6. The summed E-state index contributed by atoms with van der Waals surface area (Å²) in [5, 5.41) is 8.39. The molecule has 0 fully saturated rings. The molecule has 3 nitrogen and oxygen atoms in total. The highest BCUT2D eigenvalue weighted by atomic mass is 79.9. The van der Waals surface area contributed by atoms with Crippen LogP contribution in [-0.4, -0.2) is 11.1 Å². The summed E-state index contributed by atoms with van der Waals surface area (Å²) in [6, 6.07) is 48.0. The summed E-state index contributed by atoms with van der Waals surface area (Å²) >= 11 is 3.85. The molecule has 6 aromatic carbocycles. The van der Waals surface area contributed by atoms with E-state index in [-0.39, 0.29) is 0 Å². The smallest absolute Gasteiger partial charge is 0.0551 e. The van der Waals surface area contributed by atoms with E-state index in [1.54, 1.807) is 0 Å². The van der Waals surface area contributed by atoms with Gasteiger partial charge in [-0.15, -0.1) is 0 Å².